The molecule has 0 bridgehead atoms. The van der Waals surface area contributed by atoms with Gasteiger partial charge in [-0.25, -0.2) is 5.43 Å². The second-order valence-corrected chi connectivity index (χ2v) is 4.85. The highest BCUT2D eigenvalue weighted by atomic mass is 16.6. The van der Waals surface area contributed by atoms with E-state index in [1.165, 1.54) is 18.3 Å². The molecule has 1 heterocycles. The van der Waals surface area contributed by atoms with Crippen molar-refractivity contribution in [2.45, 2.75) is 6.10 Å². The van der Waals surface area contributed by atoms with Crippen molar-refractivity contribution in [2.24, 2.45) is 5.10 Å². The number of benzene rings is 2. The van der Waals surface area contributed by atoms with Crippen LogP contribution in [0.15, 0.2) is 47.6 Å². The lowest BCUT2D eigenvalue weighted by molar-refractivity contribution is -0.130. The topological polar surface area (TPSA) is 100 Å². The monoisotopic (exact) mass is 314 g/mol. The molecule has 2 aromatic carbocycles. The van der Waals surface area contributed by atoms with Crippen molar-refractivity contribution in [3.05, 3.63) is 48.0 Å². The average molecular weight is 314 g/mol. The van der Waals surface area contributed by atoms with Gasteiger partial charge in [-0.3, -0.25) is 4.79 Å². The van der Waals surface area contributed by atoms with Gasteiger partial charge in [0.2, 0.25) is 6.10 Å². The molecule has 1 aliphatic heterocycles. The zero-order valence-corrected chi connectivity index (χ0v) is 12.0. The number of carbonyl (C=O) groups is 1. The number of phenolic OH excluding ortho intramolecular Hbond substituents is 2. The number of ether oxygens (including phenoxy) is 2. The summed E-state index contributed by atoms with van der Waals surface area (Å²) >= 11 is 0. The smallest absolute Gasteiger partial charge is 0.284 e. The van der Waals surface area contributed by atoms with E-state index in [2.05, 4.69) is 10.5 Å². The SMILES string of the molecule is O=C(N/N=C\c1ccc(O)c(O)c1)C1COc2ccccc2O1. The third-order valence-electron chi connectivity index (χ3n) is 3.19. The van der Waals surface area contributed by atoms with E-state index in [1.807, 2.05) is 6.07 Å². The van der Waals surface area contributed by atoms with Crippen molar-refractivity contribution in [2.75, 3.05) is 6.61 Å². The van der Waals surface area contributed by atoms with Crippen LogP contribution in [0, 0.1) is 0 Å². The predicted molar refractivity (Wildman–Crippen MR) is 81.9 cm³/mol. The first-order valence-corrected chi connectivity index (χ1v) is 6.87. The van der Waals surface area contributed by atoms with E-state index in [0.717, 1.165) is 0 Å². The fourth-order valence-corrected chi connectivity index (χ4v) is 2.01. The maximum Gasteiger partial charge on any atom is 0.284 e. The molecule has 0 spiro atoms. The second-order valence-electron chi connectivity index (χ2n) is 4.85. The van der Waals surface area contributed by atoms with Gasteiger partial charge in [-0.15, -0.1) is 0 Å². The number of hydrogen-bond acceptors (Lipinski definition) is 6. The Balaban J connectivity index is 1.59. The maximum atomic E-state index is 12.0. The number of amides is 1. The van der Waals surface area contributed by atoms with E-state index >= 15 is 0 Å². The standard InChI is InChI=1S/C16H14N2O5/c19-11-6-5-10(7-12(11)20)8-17-18-16(21)15-9-22-13-3-1-2-4-14(13)23-15/h1-8,15,19-20H,9H2,(H,18,21)/b17-8-. The van der Waals surface area contributed by atoms with Crippen LogP contribution < -0.4 is 14.9 Å². The number of nitrogens with one attached hydrogen (secondary N) is 1. The maximum absolute atomic E-state index is 12.0. The van der Waals surface area contributed by atoms with Crippen LogP contribution >= 0.6 is 0 Å². The molecule has 7 heteroatoms. The Hall–Kier alpha value is -3.22. The summed E-state index contributed by atoms with van der Waals surface area (Å²) in [7, 11) is 0. The fraction of sp³-hybridized carbons (Fsp3) is 0.125. The van der Waals surface area contributed by atoms with Crippen molar-refractivity contribution in [1.82, 2.24) is 5.43 Å². The van der Waals surface area contributed by atoms with Crippen LogP contribution in [0.5, 0.6) is 23.0 Å². The highest BCUT2D eigenvalue weighted by Crippen LogP contribution is 2.30. The van der Waals surface area contributed by atoms with E-state index in [-0.39, 0.29) is 18.1 Å². The summed E-state index contributed by atoms with van der Waals surface area (Å²) in [5.41, 5.74) is 2.87. The molecule has 1 unspecified atom stereocenters. The number of carbonyl (C=O) groups excluding carboxylic acids is 1. The van der Waals surface area contributed by atoms with Gasteiger partial charge in [0.1, 0.15) is 6.61 Å². The Morgan fingerprint density at radius 2 is 1.96 bits per heavy atom. The summed E-state index contributed by atoms with van der Waals surface area (Å²) in [5.74, 6) is 0.170. The summed E-state index contributed by atoms with van der Waals surface area (Å²) in [4.78, 5) is 12.0. The lowest BCUT2D eigenvalue weighted by Gasteiger charge is -2.24. The molecule has 118 valence electrons. The van der Waals surface area contributed by atoms with Crippen molar-refractivity contribution in [1.29, 1.82) is 0 Å². The molecule has 0 fully saturated rings. The van der Waals surface area contributed by atoms with E-state index in [0.29, 0.717) is 17.1 Å². The fourth-order valence-electron chi connectivity index (χ4n) is 2.01. The number of nitrogens with zero attached hydrogens (tertiary/aromatic N) is 1. The first-order chi connectivity index (χ1) is 11.1. The predicted octanol–water partition coefficient (Wildman–Crippen LogP) is 1.39. The molecule has 7 nitrogen and oxygen atoms in total. The zero-order valence-electron chi connectivity index (χ0n) is 12.0. The van der Waals surface area contributed by atoms with Gasteiger partial charge in [-0.1, -0.05) is 12.1 Å². The molecular formula is C16H14N2O5. The van der Waals surface area contributed by atoms with Gasteiger partial charge in [-0.2, -0.15) is 5.10 Å². The Morgan fingerprint density at radius 1 is 1.17 bits per heavy atom. The minimum absolute atomic E-state index is 0.0956. The van der Waals surface area contributed by atoms with Crippen LogP contribution in [0.3, 0.4) is 0 Å². The number of rotatable bonds is 3. The first-order valence-electron chi connectivity index (χ1n) is 6.87. The number of hydrazone groups is 1. The average Bonchev–Trinajstić information content (AvgIpc) is 2.57. The van der Waals surface area contributed by atoms with Crippen molar-refractivity contribution in [3.63, 3.8) is 0 Å². The zero-order chi connectivity index (χ0) is 16.2. The summed E-state index contributed by atoms with van der Waals surface area (Å²) < 4.78 is 11.0. The van der Waals surface area contributed by atoms with Crippen LogP contribution in [0.2, 0.25) is 0 Å². The largest absolute Gasteiger partial charge is 0.504 e. The van der Waals surface area contributed by atoms with Crippen molar-refractivity contribution in [3.8, 4) is 23.0 Å². The third kappa shape index (κ3) is 3.34. The number of fused-ring (bicyclic) bond motifs is 1. The van der Waals surface area contributed by atoms with E-state index in [1.54, 1.807) is 24.3 Å². The van der Waals surface area contributed by atoms with Crippen LogP contribution in [0.1, 0.15) is 5.56 Å². The first kappa shape index (κ1) is 14.7. The highest BCUT2D eigenvalue weighted by Gasteiger charge is 2.26. The van der Waals surface area contributed by atoms with Crippen molar-refractivity contribution < 1.29 is 24.5 Å². The minimum atomic E-state index is -0.796. The Labute approximate surface area is 131 Å². The molecule has 1 aliphatic rings. The lowest BCUT2D eigenvalue weighted by Crippen LogP contribution is -2.42. The molecule has 1 amide bonds. The Morgan fingerprint density at radius 3 is 2.74 bits per heavy atom. The summed E-state index contributed by atoms with van der Waals surface area (Å²) in [6.45, 7) is 0.0956. The number of hydrogen-bond donors (Lipinski definition) is 3. The summed E-state index contributed by atoms with van der Waals surface area (Å²) in [6, 6.07) is 11.3. The van der Waals surface area contributed by atoms with Crippen molar-refractivity contribution >= 4 is 12.1 Å². The second kappa shape index (κ2) is 6.27. The highest BCUT2D eigenvalue weighted by molar-refractivity contribution is 5.85. The van der Waals surface area contributed by atoms with Crippen LogP contribution in [-0.2, 0) is 4.79 Å². The van der Waals surface area contributed by atoms with Gasteiger partial charge in [0.15, 0.2) is 23.0 Å². The van der Waals surface area contributed by atoms with Crippen LogP contribution in [-0.4, -0.2) is 35.0 Å². The molecule has 1 atom stereocenters. The summed E-state index contributed by atoms with van der Waals surface area (Å²) in [6.07, 6.45) is 0.546. The van der Waals surface area contributed by atoms with Gasteiger partial charge in [0.05, 0.1) is 6.21 Å². The number of para-hydroxylation sites is 2. The molecule has 0 aromatic heterocycles. The van der Waals surface area contributed by atoms with Gasteiger partial charge in [0, 0.05) is 0 Å². The Bertz CT molecular complexity index is 760. The van der Waals surface area contributed by atoms with Gasteiger partial charge >= 0.3 is 0 Å². The summed E-state index contributed by atoms with van der Waals surface area (Å²) in [5, 5.41) is 22.4. The molecule has 0 saturated heterocycles. The van der Waals surface area contributed by atoms with Gasteiger partial charge < -0.3 is 19.7 Å². The van der Waals surface area contributed by atoms with E-state index in [4.69, 9.17) is 9.47 Å². The molecular weight excluding hydrogens is 300 g/mol. The lowest BCUT2D eigenvalue weighted by atomic mass is 10.2. The molecule has 0 saturated carbocycles. The molecule has 0 radical (unpaired) electrons. The quantitative estimate of drug-likeness (QED) is 0.451. The molecule has 0 aliphatic carbocycles. The van der Waals surface area contributed by atoms with E-state index < -0.39 is 12.0 Å². The normalized spacial score (nSPS) is 16.3. The molecule has 3 N–H and O–H groups in total. The molecule has 2 aromatic rings. The van der Waals surface area contributed by atoms with Crippen LogP contribution in [0.4, 0.5) is 0 Å². The molecule has 23 heavy (non-hydrogen) atoms. The minimum Gasteiger partial charge on any atom is -0.504 e. The Kier molecular flexibility index (Phi) is 4.01. The number of aromatic hydroxyl groups is 2. The molecule has 3 rings (SSSR count). The van der Waals surface area contributed by atoms with E-state index in [9.17, 15) is 15.0 Å². The van der Waals surface area contributed by atoms with Gasteiger partial charge in [-0.05, 0) is 35.9 Å². The van der Waals surface area contributed by atoms with Crippen LogP contribution in [0.25, 0.3) is 0 Å². The van der Waals surface area contributed by atoms with Gasteiger partial charge in [0.25, 0.3) is 5.91 Å². The third-order valence-corrected chi connectivity index (χ3v) is 3.19. The number of phenols is 2.